The highest BCUT2D eigenvalue weighted by molar-refractivity contribution is 5.91. The number of nitrogens with one attached hydrogen (secondary N) is 2. The first-order valence-corrected chi connectivity index (χ1v) is 8.56. The number of fused-ring (bicyclic) bond motifs is 2. The molecule has 2 aromatic carbocycles. The lowest BCUT2D eigenvalue weighted by molar-refractivity contribution is -0.163. The van der Waals surface area contributed by atoms with E-state index >= 15 is 0 Å². The number of ether oxygens (including phenoxy) is 1. The average Bonchev–Trinajstić information content (AvgIpc) is 2.67. The van der Waals surface area contributed by atoms with Gasteiger partial charge in [0.15, 0.2) is 0 Å². The second-order valence-corrected chi connectivity index (χ2v) is 6.55. The quantitative estimate of drug-likeness (QED) is 0.642. The Morgan fingerprint density at radius 1 is 0.720 bits per heavy atom. The molecule has 0 saturated heterocycles. The molecule has 0 amide bonds. The van der Waals surface area contributed by atoms with Crippen LogP contribution in [0.25, 0.3) is 0 Å². The predicted molar refractivity (Wildman–Crippen MR) is 92.6 cm³/mol. The Balaban J connectivity index is 1.38. The molecule has 5 heteroatoms. The zero-order valence-corrected chi connectivity index (χ0v) is 13.8. The molecule has 4 rings (SSSR count). The van der Waals surface area contributed by atoms with Crippen LogP contribution in [0.1, 0.15) is 22.3 Å². The number of hydrogen-bond acceptors (Lipinski definition) is 5. The molecule has 0 fully saturated rings. The largest absolute Gasteiger partial charge is 0.391 e. The fourth-order valence-corrected chi connectivity index (χ4v) is 3.48. The lowest BCUT2D eigenvalue weighted by atomic mass is 9.95. The molecule has 2 aliphatic rings. The van der Waals surface area contributed by atoms with Crippen molar-refractivity contribution in [2.75, 3.05) is 0 Å². The second kappa shape index (κ2) is 6.78. The highest BCUT2D eigenvalue weighted by Gasteiger charge is 2.31. The van der Waals surface area contributed by atoms with Crippen LogP contribution in [0, 0.1) is 0 Å². The van der Waals surface area contributed by atoms with E-state index in [1.807, 2.05) is 48.5 Å². The van der Waals surface area contributed by atoms with Crippen molar-refractivity contribution in [1.29, 1.82) is 0 Å². The summed E-state index contributed by atoms with van der Waals surface area (Å²) in [5.41, 5.74) is 4.62. The van der Waals surface area contributed by atoms with Gasteiger partial charge in [0.1, 0.15) is 12.1 Å². The normalized spacial score (nSPS) is 21.8. The van der Waals surface area contributed by atoms with Crippen LogP contribution in [-0.2, 0) is 40.3 Å². The van der Waals surface area contributed by atoms with Crippen LogP contribution < -0.4 is 10.6 Å². The number of hydrogen-bond donors (Lipinski definition) is 2. The van der Waals surface area contributed by atoms with Gasteiger partial charge in [0, 0.05) is 13.1 Å². The Labute approximate surface area is 146 Å². The molecule has 0 saturated carbocycles. The summed E-state index contributed by atoms with van der Waals surface area (Å²) in [7, 11) is 0. The van der Waals surface area contributed by atoms with Crippen LogP contribution in [0.3, 0.4) is 0 Å². The monoisotopic (exact) mass is 336 g/mol. The average molecular weight is 336 g/mol. The van der Waals surface area contributed by atoms with Gasteiger partial charge in [-0.25, -0.2) is 9.59 Å². The van der Waals surface area contributed by atoms with Crippen molar-refractivity contribution in [3.63, 3.8) is 0 Å². The van der Waals surface area contributed by atoms with E-state index in [1.165, 1.54) is 11.1 Å². The summed E-state index contributed by atoms with van der Waals surface area (Å²) in [6.45, 7) is 1.22. The number of esters is 2. The van der Waals surface area contributed by atoms with Crippen molar-refractivity contribution in [3.05, 3.63) is 70.8 Å². The molecule has 5 nitrogen and oxygen atoms in total. The zero-order valence-electron chi connectivity index (χ0n) is 13.8. The van der Waals surface area contributed by atoms with Gasteiger partial charge in [-0.2, -0.15) is 0 Å². The minimum absolute atomic E-state index is 0.477. The zero-order chi connectivity index (χ0) is 17.2. The Morgan fingerprint density at radius 2 is 1.12 bits per heavy atom. The first kappa shape index (κ1) is 16.0. The molecule has 2 N–H and O–H groups in total. The summed E-state index contributed by atoms with van der Waals surface area (Å²) in [6.07, 6.45) is 1.09. The van der Waals surface area contributed by atoms with E-state index in [0.717, 1.165) is 11.1 Å². The topological polar surface area (TPSA) is 67.4 Å². The number of rotatable bonds is 2. The molecule has 0 spiro atoms. The molecule has 2 heterocycles. The molecular weight excluding hydrogens is 316 g/mol. The van der Waals surface area contributed by atoms with Crippen LogP contribution in [-0.4, -0.2) is 24.0 Å². The Bertz CT molecular complexity index is 751. The van der Waals surface area contributed by atoms with Crippen LogP contribution >= 0.6 is 0 Å². The lowest BCUT2D eigenvalue weighted by Crippen LogP contribution is -2.47. The second-order valence-electron chi connectivity index (χ2n) is 6.55. The molecule has 0 unspecified atom stereocenters. The standard InChI is InChI=1S/C20H20N2O3/c23-19(17-9-13-5-1-3-7-15(13)11-21-17)25-20(24)18-10-14-6-2-4-8-16(14)12-22-18/h1-8,17-18,21-22H,9-12H2/t17-,18-/m0/s1. The Kier molecular flexibility index (Phi) is 4.34. The third-order valence-corrected chi connectivity index (χ3v) is 4.93. The first-order chi connectivity index (χ1) is 12.2. The molecule has 128 valence electrons. The molecular formula is C20H20N2O3. The van der Waals surface area contributed by atoms with Crippen molar-refractivity contribution in [2.45, 2.75) is 38.0 Å². The fourth-order valence-electron chi connectivity index (χ4n) is 3.48. The molecule has 0 aliphatic carbocycles. The van der Waals surface area contributed by atoms with Gasteiger partial charge in [0.05, 0.1) is 0 Å². The smallest absolute Gasteiger partial charge is 0.331 e. The summed E-state index contributed by atoms with van der Waals surface area (Å²) in [4.78, 5) is 24.7. The van der Waals surface area contributed by atoms with Gasteiger partial charge in [0.2, 0.25) is 0 Å². The predicted octanol–water partition coefficient (Wildman–Crippen LogP) is 1.49. The molecule has 0 radical (unpaired) electrons. The molecule has 2 aromatic rings. The van der Waals surface area contributed by atoms with Crippen molar-refractivity contribution in [3.8, 4) is 0 Å². The van der Waals surface area contributed by atoms with Gasteiger partial charge >= 0.3 is 11.9 Å². The highest BCUT2D eigenvalue weighted by atomic mass is 16.6. The van der Waals surface area contributed by atoms with E-state index < -0.39 is 24.0 Å². The van der Waals surface area contributed by atoms with Gasteiger partial charge in [-0.05, 0) is 35.1 Å². The third-order valence-electron chi connectivity index (χ3n) is 4.93. The van der Waals surface area contributed by atoms with Crippen molar-refractivity contribution in [2.24, 2.45) is 0 Å². The maximum Gasteiger partial charge on any atom is 0.331 e. The molecule has 0 bridgehead atoms. The summed E-state index contributed by atoms with van der Waals surface area (Å²) in [6, 6.07) is 15.0. The minimum atomic E-state index is -0.500. The third kappa shape index (κ3) is 3.34. The van der Waals surface area contributed by atoms with Crippen molar-refractivity contribution >= 4 is 11.9 Å². The molecule has 0 aromatic heterocycles. The number of carbonyl (C=O) groups excluding carboxylic acids is 2. The maximum atomic E-state index is 12.4. The van der Waals surface area contributed by atoms with Crippen molar-refractivity contribution in [1.82, 2.24) is 10.6 Å². The van der Waals surface area contributed by atoms with Crippen LogP contribution in [0.5, 0.6) is 0 Å². The van der Waals surface area contributed by atoms with E-state index in [9.17, 15) is 9.59 Å². The van der Waals surface area contributed by atoms with Gasteiger partial charge in [-0.1, -0.05) is 48.5 Å². The highest BCUT2D eigenvalue weighted by Crippen LogP contribution is 2.19. The maximum absolute atomic E-state index is 12.4. The van der Waals surface area contributed by atoms with Gasteiger partial charge < -0.3 is 4.74 Å². The van der Waals surface area contributed by atoms with Gasteiger partial charge in [-0.3, -0.25) is 10.6 Å². The van der Waals surface area contributed by atoms with Gasteiger partial charge in [0.25, 0.3) is 0 Å². The first-order valence-electron chi connectivity index (χ1n) is 8.56. The van der Waals surface area contributed by atoms with Crippen LogP contribution in [0.15, 0.2) is 48.5 Å². The SMILES string of the molecule is O=C(OC(=O)[C@@H]1Cc2ccccc2CN1)[C@@H]1Cc2ccccc2CN1. The van der Waals surface area contributed by atoms with E-state index in [0.29, 0.717) is 25.9 Å². The van der Waals surface area contributed by atoms with E-state index in [4.69, 9.17) is 4.74 Å². The van der Waals surface area contributed by atoms with Crippen molar-refractivity contribution < 1.29 is 14.3 Å². The summed E-state index contributed by atoms with van der Waals surface area (Å²) < 4.78 is 5.16. The van der Waals surface area contributed by atoms with E-state index in [1.54, 1.807) is 0 Å². The molecule has 25 heavy (non-hydrogen) atoms. The summed E-state index contributed by atoms with van der Waals surface area (Å²) >= 11 is 0. The summed E-state index contributed by atoms with van der Waals surface area (Å²) in [5.74, 6) is -1.000. The minimum Gasteiger partial charge on any atom is -0.391 e. The summed E-state index contributed by atoms with van der Waals surface area (Å²) in [5, 5.41) is 6.30. The van der Waals surface area contributed by atoms with E-state index in [-0.39, 0.29) is 0 Å². The van der Waals surface area contributed by atoms with E-state index in [2.05, 4.69) is 10.6 Å². The fraction of sp³-hybridized carbons (Fsp3) is 0.300. The Morgan fingerprint density at radius 3 is 1.56 bits per heavy atom. The number of carbonyl (C=O) groups is 2. The van der Waals surface area contributed by atoms with Gasteiger partial charge in [-0.15, -0.1) is 0 Å². The Hall–Kier alpha value is -2.50. The number of benzene rings is 2. The lowest BCUT2D eigenvalue weighted by Gasteiger charge is -2.27. The van der Waals surface area contributed by atoms with Crippen LogP contribution in [0.4, 0.5) is 0 Å². The molecule has 2 atom stereocenters. The molecule has 2 aliphatic heterocycles. The van der Waals surface area contributed by atoms with Crippen LogP contribution in [0.2, 0.25) is 0 Å².